The first-order valence-electron chi connectivity index (χ1n) is 11.3. The fourth-order valence-electron chi connectivity index (χ4n) is 4.22. The molecule has 3 rings (SSSR count). The van der Waals surface area contributed by atoms with Crippen molar-refractivity contribution >= 4 is 11.9 Å². The largest absolute Gasteiger partial charge is 0.497 e. The average Bonchev–Trinajstić information content (AvgIpc) is 3.07. The number of likely N-dealkylation sites (tertiary alicyclic amines) is 1. The third-order valence-corrected chi connectivity index (χ3v) is 6.04. The highest BCUT2D eigenvalue weighted by molar-refractivity contribution is 6.00. The van der Waals surface area contributed by atoms with Crippen LogP contribution in [0.2, 0.25) is 0 Å². The van der Waals surface area contributed by atoms with E-state index >= 15 is 0 Å². The smallest absolute Gasteiger partial charge is 0.340 e. The summed E-state index contributed by atoms with van der Waals surface area (Å²) in [5.74, 6) is 0.761. The number of piperidine rings is 1. The van der Waals surface area contributed by atoms with Crippen LogP contribution in [0.3, 0.4) is 0 Å². The Morgan fingerprint density at radius 3 is 2.41 bits per heavy atom. The van der Waals surface area contributed by atoms with E-state index in [1.54, 1.807) is 21.0 Å². The van der Waals surface area contributed by atoms with E-state index < -0.39 is 5.97 Å². The number of carbonyl (C=O) groups is 2. The molecule has 0 aliphatic carbocycles. The summed E-state index contributed by atoms with van der Waals surface area (Å²) < 4.78 is 10.5. The molecular formula is C25H35N3O4. The highest BCUT2D eigenvalue weighted by atomic mass is 16.5. The Bertz CT molecular complexity index is 925. The van der Waals surface area contributed by atoms with Gasteiger partial charge in [0, 0.05) is 18.8 Å². The maximum Gasteiger partial charge on any atom is 0.340 e. The first kappa shape index (κ1) is 23.9. The predicted octanol–water partition coefficient (Wildman–Crippen LogP) is 3.85. The molecule has 2 heterocycles. The van der Waals surface area contributed by atoms with E-state index in [9.17, 15) is 9.59 Å². The summed E-state index contributed by atoms with van der Waals surface area (Å²) in [5, 5.41) is 3.05. The number of aromatic amines is 1. The van der Waals surface area contributed by atoms with Gasteiger partial charge in [-0.2, -0.15) is 0 Å². The molecule has 1 saturated heterocycles. The van der Waals surface area contributed by atoms with E-state index in [0.29, 0.717) is 35.0 Å². The van der Waals surface area contributed by atoms with Crippen LogP contribution in [0.25, 0.3) is 0 Å². The van der Waals surface area contributed by atoms with Gasteiger partial charge in [-0.3, -0.25) is 9.69 Å². The Hall–Kier alpha value is -2.80. The summed E-state index contributed by atoms with van der Waals surface area (Å²) in [6.07, 6.45) is 1.89. The zero-order valence-electron chi connectivity index (χ0n) is 19.8. The minimum Gasteiger partial charge on any atom is -0.497 e. The summed E-state index contributed by atoms with van der Waals surface area (Å²) >= 11 is 0. The van der Waals surface area contributed by atoms with Gasteiger partial charge in [0.05, 0.1) is 18.8 Å². The van der Waals surface area contributed by atoms with Gasteiger partial charge in [0.1, 0.15) is 11.4 Å². The Balaban J connectivity index is 1.48. The van der Waals surface area contributed by atoms with Crippen molar-refractivity contribution in [3.8, 4) is 5.75 Å². The molecule has 0 saturated carbocycles. The summed E-state index contributed by atoms with van der Waals surface area (Å²) in [5.41, 5.74) is 3.47. The number of aromatic nitrogens is 1. The van der Waals surface area contributed by atoms with E-state index in [2.05, 4.69) is 27.3 Å². The standard InChI is InChI=1S/C25H35N3O4/c1-16(2)32-25(30)22-17(3)23(27-18(22)4)24(29)26-14-19-10-12-28(13-11-19)15-20-6-8-21(31-5)9-7-20/h6-9,16,19,27H,10-15H2,1-5H3,(H,26,29). The van der Waals surface area contributed by atoms with Crippen molar-refractivity contribution in [1.29, 1.82) is 0 Å². The molecule has 1 amide bonds. The number of rotatable bonds is 8. The third-order valence-electron chi connectivity index (χ3n) is 6.04. The van der Waals surface area contributed by atoms with Gasteiger partial charge in [-0.05, 0) is 82.8 Å². The molecule has 0 spiro atoms. The van der Waals surface area contributed by atoms with E-state index in [1.807, 2.05) is 26.0 Å². The summed E-state index contributed by atoms with van der Waals surface area (Å²) in [7, 11) is 1.68. The van der Waals surface area contributed by atoms with Gasteiger partial charge in [-0.25, -0.2) is 4.79 Å². The Labute approximate surface area is 190 Å². The van der Waals surface area contributed by atoms with Crippen LogP contribution in [0.5, 0.6) is 5.75 Å². The van der Waals surface area contributed by atoms with Crippen molar-refractivity contribution < 1.29 is 19.1 Å². The number of methoxy groups -OCH3 is 1. The lowest BCUT2D eigenvalue weighted by atomic mass is 9.96. The highest BCUT2D eigenvalue weighted by Gasteiger charge is 2.25. The van der Waals surface area contributed by atoms with Crippen molar-refractivity contribution in [2.24, 2.45) is 5.92 Å². The number of nitrogens with zero attached hydrogens (tertiary/aromatic N) is 1. The number of carbonyl (C=O) groups excluding carboxylic acids is 2. The predicted molar refractivity (Wildman–Crippen MR) is 124 cm³/mol. The van der Waals surface area contributed by atoms with Crippen LogP contribution in [-0.4, -0.2) is 54.6 Å². The molecule has 0 radical (unpaired) electrons. The number of esters is 1. The number of H-pyrrole nitrogens is 1. The van der Waals surface area contributed by atoms with Gasteiger partial charge in [-0.15, -0.1) is 0 Å². The van der Waals surface area contributed by atoms with Crippen LogP contribution in [0.1, 0.15) is 64.4 Å². The van der Waals surface area contributed by atoms with Crippen LogP contribution >= 0.6 is 0 Å². The average molecular weight is 442 g/mol. The maximum atomic E-state index is 12.8. The zero-order chi connectivity index (χ0) is 23.3. The van der Waals surface area contributed by atoms with Crippen molar-refractivity contribution in [3.05, 3.63) is 52.3 Å². The summed E-state index contributed by atoms with van der Waals surface area (Å²) in [6.45, 7) is 10.8. The number of ether oxygens (including phenoxy) is 2. The zero-order valence-corrected chi connectivity index (χ0v) is 19.8. The molecule has 7 heteroatoms. The third kappa shape index (κ3) is 5.91. The topological polar surface area (TPSA) is 83.7 Å². The molecule has 2 N–H and O–H groups in total. The Kier molecular flexibility index (Phi) is 7.96. The quantitative estimate of drug-likeness (QED) is 0.608. The van der Waals surface area contributed by atoms with Crippen molar-refractivity contribution in [2.45, 2.75) is 53.2 Å². The molecular weight excluding hydrogens is 406 g/mol. The van der Waals surface area contributed by atoms with Crippen LogP contribution < -0.4 is 10.1 Å². The van der Waals surface area contributed by atoms with Crippen molar-refractivity contribution in [1.82, 2.24) is 15.2 Å². The van der Waals surface area contributed by atoms with Crippen molar-refractivity contribution in [3.63, 3.8) is 0 Å². The molecule has 174 valence electrons. The second-order valence-corrected chi connectivity index (χ2v) is 8.86. The molecule has 0 unspecified atom stereocenters. The molecule has 1 aromatic carbocycles. The lowest BCUT2D eigenvalue weighted by Gasteiger charge is -2.32. The van der Waals surface area contributed by atoms with Gasteiger partial charge in [0.2, 0.25) is 0 Å². The maximum absolute atomic E-state index is 12.8. The molecule has 1 aliphatic heterocycles. The molecule has 1 aliphatic rings. The van der Waals surface area contributed by atoms with Gasteiger partial charge in [-0.1, -0.05) is 12.1 Å². The highest BCUT2D eigenvalue weighted by Crippen LogP contribution is 2.22. The Morgan fingerprint density at radius 2 is 1.81 bits per heavy atom. The number of benzene rings is 1. The fourth-order valence-corrected chi connectivity index (χ4v) is 4.22. The normalized spacial score (nSPS) is 15.1. The molecule has 1 fully saturated rings. The van der Waals surface area contributed by atoms with Gasteiger partial charge in [0.25, 0.3) is 5.91 Å². The first-order chi connectivity index (χ1) is 15.3. The molecule has 2 aromatic rings. The molecule has 1 aromatic heterocycles. The molecule has 0 bridgehead atoms. The van der Waals surface area contributed by atoms with Crippen LogP contribution in [0.15, 0.2) is 24.3 Å². The van der Waals surface area contributed by atoms with Crippen molar-refractivity contribution in [2.75, 3.05) is 26.7 Å². The molecule has 0 atom stereocenters. The Morgan fingerprint density at radius 1 is 1.16 bits per heavy atom. The van der Waals surface area contributed by atoms with E-state index in [1.165, 1.54) is 5.56 Å². The van der Waals surface area contributed by atoms with Crippen LogP contribution in [0.4, 0.5) is 0 Å². The number of amides is 1. The van der Waals surface area contributed by atoms with Crippen LogP contribution in [0, 0.1) is 19.8 Å². The number of nitrogens with one attached hydrogen (secondary N) is 2. The SMILES string of the molecule is COc1ccc(CN2CCC(CNC(=O)c3[nH]c(C)c(C(=O)OC(C)C)c3C)CC2)cc1. The second kappa shape index (κ2) is 10.7. The number of hydrogen-bond acceptors (Lipinski definition) is 5. The lowest BCUT2D eigenvalue weighted by molar-refractivity contribution is 0.0376. The van der Waals surface area contributed by atoms with Gasteiger partial charge < -0.3 is 19.8 Å². The lowest BCUT2D eigenvalue weighted by Crippen LogP contribution is -2.38. The molecule has 7 nitrogen and oxygen atoms in total. The van der Waals surface area contributed by atoms with Gasteiger partial charge in [0.15, 0.2) is 0 Å². The summed E-state index contributed by atoms with van der Waals surface area (Å²) in [4.78, 5) is 30.6. The second-order valence-electron chi connectivity index (χ2n) is 8.86. The summed E-state index contributed by atoms with van der Waals surface area (Å²) in [6, 6.07) is 8.21. The molecule has 32 heavy (non-hydrogen) atoms. The van der Waals surface area contributed by atoms with E-state index in [4.69, 9.17) is 9.47 Å². The fraction of sp³-hybridized carbons (Fsp3) is 0.520. The minimum absolute atomic E-state index is 0.171. The van der Waals surface area contributed by atoms with E-state index in [-0.39, 0.29) is 12.0 Å². The van der Waals surface area contributed by atoms with E-state index in [0.717, 1.165) is 38.2 Å². The first-order valence-corrected chi connectivity index (χ1v) is 11.3. The van der Waals surface area contributed by atoms with Crippen LogP contribution in [-0.2, 0) is 11.3 Å². The number of aryl methyl sites for hydroxylation is 1. The minimum atomic E-state index is -0.394. The number of hydrogen-bond donors (Lipinski definition) is 2. The monoisotopic (exact) mass is 441 g/mol. The van der Waals surface area contributed by atoms with Gasteiger partial charge >= 0.3 is 5.97 Å².